The lowest BCUT2D eigenvalue weighted by Gasteiger charge is -2.32. The third-order valence-corrected chi connectivity index (χ3v) is 8.20. The molecular formula is C37H31NO3S. The highest BCUT2D eigenvalue weighted by Crippen LogP contribution is 2.38. The summed E-state index contributed by atoms with van der Waals surface area (Å²) in [6, 6.07) is 42.4. The first-order valence-corrected chi connectivity index (χ1v) is 14.5. The van der Waals surface area contributed by atoms with Crippen molar-refractivity contribution in [2.45, 2.75) is 32.0 Å². The van der Waals surface area contributed by atoms with Crippen molar-refractivity contribution in [1.82, 2.24) is 4.98 Å². The first-order chi connectivity index (χ1) is 20.5. The second-order valence-electron chi connectivity index (χ2n) is 10.4. The first kappa shape index (κ1) is 27.4. The predicted octanol–water partition coefficient (Wildman–Crippen LogP) is 9.13. The molecule has 6 aromatic rings. The molecule has 0 radical (unpaired) electrons. The SMILES string of the molecule is CCC(C(O)=S)(c1ccc(OCc2ccc3ccccc3c2)cc1)c1ccc(OCc2ccc3ccccc3n2)cc1. The van der Waals surface area contributed by atoms with Gasteiger partial charge in [0.2, 0.25) is 0 Å². The number of benzene rings is 5. The molecule has 1 N–H and O–H groups in total. The molecule has 1 unspecified atom stereocenters. The number of ether oxygens (including phenoxy) is 2. The van der Waals surface area contributed by atoms with E-state index in [9.17, 15) is 5.11 Å². The molecule has 0 amide bonds. The summed E-state index contributed by atoms with van der Waals surface area (Å²) in [5.41, 5.74) is 3.90. The van der Waals surface area contributed by atoms with E-state index in [-0.39, 0.29) is 5.05 Å². The fourth-order valence-corrected chi connectivity index (χ4v) is 5.87. The van der Waals surface area contributed by atoms with Gasteiger partial charge < -0.3 is 14.6 Å². The van der Waals surface area contributed by atoms with Crippen molar-refractivity contribution in [2.24, 2.45) is 0 Å². The van der Waals surface area contributed by atoms with Crippen molar-refractivity contribution in [1.29, 1.82) is 0 Å². The Bertz CT molecular complexity index is 1720. The zero-order valence-electron chi connectivity index (χ0n) is 23.4. The molecule has 4 nitrogen and oxygen atoms in total. The van der Waals surface area contributed by atoms with Crippen LogP contribution in [0.15, 0.2) is 127 Å². The van der Waals surface area contributed by atoms with E-state index < -0.39 is 5.41 Å². The third-order valence-electron chi connectivity index (χ3n) is 7.85. The Hall–Kier alpha value is -4.74. The van der Waals surface area contributed by atoms with E-state index in [4.69, 9.17) is 21.7 Å². The maximum Gasteiger partial charge on any atom is 0.171 e. The molecule has 0 fully saturated rings. The molecule has 5 aromatic carbocycles. The fourth-order valence-electron chi connectivity index (χ4n) is 5.49. The van der Waals surface area contributed by atoms with Gasteiger partial charge in [-0.3, -0.25) is 0 Å². The Morgan fingerprint density at radius 3 is 1.88 bits per heavy atom. The van der Waals surface area contributed by atoms with E-state index in [1.54, 1.807) is 0 Å². The molecule has 0 bridgehead atoms. The standard InChI is InChI=1S/C37H31NO3S/c1-2-37(36(39)42,30-14-19-33(20-15-30)40-24-26-11-12-27-7-3-4-9-29(27)23-26)31-16-21-34(22-17-31)41-25-32-18-13-28-8-5-6-10-35(28)38-32/h3-23H,2,24-25H2,1H3,(H,39,42). The number of pyridine rings is 1. The van der Waals surface area contributed by atoms with Crippen molar-refractivity contribution >= 4 is 38.9 Å². The highest BCUT2D eigenvalue weighted by molar-refractivity contribution is 7.80. The van der Waals surface area contributed by atoms with E-state index in [0.29, 0.717) is 19.6 Å². The van der Waals surface area contributed by atoms with E-state index in [0.717, 1.165) is 44.8 Å². The van der Waals surface area contributed by atoms with Crippen molar-refractivity contribution in [2.75, 3.05) is 0 Å². The summed E-state index contributed by atoms with van der Waals surface area (Å²) in [6.45, 7) is 2.86. The zero-order valence-corrected chi connectivity index (χ0v) is 24.2. The molecule has 0 spiro atoms. The highest BCUT2D eigenvalue weighted by atomic mass is 32.1. The number of rotatable bonds is 10. The van der Waals surface area contributed by atoms with Crippen LogP contribution >= 0.6 is 12.2 Å². The van der Waals surface area contributed by atoms with Crippen LogP contribution in [0.2, 0.25) is 0 Å². The van der Waals surface area contributed by atoms with Crippen molar-refractivity contribution in [3.63, 3.8) is 0 Å². The number of para-hydroxylation sites is 1. The lowest BCUT2D eigenvalue weighted by molar-refractivity contribution is 0.301. The van der Waals surface area contributed by atoms with Crippen LogP contribution in [0.4, 0.5) is 0 Å². The monoisotopic (exact) mass is 569 g/mol. The lowest BCUT2D eigenvalue weighted by atomic mass is 9.73. The summed E-state index contributed by atoms with van der Waals surface area (Å²) < 4.78 is 12.1. The molecule has 0 aliphatic rings. The van der Waals surface area contributed by atoms with Crippen LogP contribution in [-0.2, 0) is 18.6 Å². The van der Waals surface area contributed by atoms with Crippen LogP contribution in [0.3, 0.4) is 0 Å². The molecule has 1 heterocycles. The molecule has 6 rings (SSSR count). The summed E-state index contributed by atoms with van der Waals surface area (Å²) in [5.74, 6) is 1.48. The van der Waals surface area contributed by atoms with E-state index >= 15 is 0 Å². The number of nitrogens with zero attached hydrogens (tertiary/aromatic N) is 1. The molecule has 0 aliphatic heterocycles. The minimum atomic E-state index is -0.829. The van der Waals surface area contributed by atoms with Crippen LogP contribution < -0.4 is 9.47 Å². The van der Waals surface area contributed by atoms with Gasteiger partial charge in [0, 0.05) is 5.39 Å². The number of fused-ring (bicyclic) bond motifs is 2. The maximum absolute atomic E-state index is 10.8. The Morgan fingerprint density at radius 1 is 0.667 bits per heavy atom. The fraction of sp³-hybridized carbons (Fsp3) is 0.135. The van der Waals surface area contributed by atoms with E-state index in [1.165, 1.54) is 10.8 Å². The van der Waals surface area contributed by atoms with Crippen molar-refractivity contribution in [3.05, 3.63) is 150 Å². The second kappa shape index (κ2) is 12.0. The van der Waals surface area contributed by atoms with Gasteiger partial charge in [-0.25, -0.2) is 4.98 Å². The Balaban J connectivity index is 1.16. The Morgan fingerprint density at radius 2 is 1.24 bits per heavy atom. The normalized spacial score (nSPS) is 12.6. The van der Waals surface area contributed by atoms with Crippen molar-refractivity contribution in [3.8, 4) is 11.5 Å². The van der Waals surface area contributed by atoms with Crippen LogP contribution in [0.5, 0.6) is 11.5 Å². The van der Waals surface area contributed by atoms with Crippen LogP contribution in [0, 0.1) is 0 Å². The molecule has 0 saturated heterocycles. The van der Waals surface area contributed by atoms with Gasteiger partial charge in [0.25, 0.3) is 0 Å². The van der Waals surface area contributed by atoms with Gasteiger partial charge >= 0.3 is 0 Å². The van der Waals surface area contributed by atoms with Gasteiger partial charge in [-0.1, -0.05) is 91.9 Å². The molecule has 1 atom stereocenters. The number of hydrogen-bond donors (Lipinski definition) is 1. The molecule has 0 aliphatic carbocycles. The number of aliphatic hydroxyl groups excluding tert-OH is 1. The lowest BCUT2D eigenvalue weighted by Crippen LogP contribution is -2.35. The quantitative estimate of drug-likeness (QED) is 0.167. The second-order valence-corrected chi connectivity index (χ2v) is 10.8. The smallest absolute Gasteiger partial charge is 0.171 e. The topological polar surface area (TPSA) is 51.6 Å². The van der Waals surface area contributed by atoms with Gasteiger partial charge in [-0.2, -0.15) is 0 Å². The van der Waals surface area contributed by atoms with Gasteiger partial charge in [0.1, 0.15) is 24.7 Å². The highest BCUT2D eigenvalue weighted by Gasteiger charge is 2.37. The number of thiocarbonyl (C=S) groups is 1. The van der Waals surface area contributed by atoms with Crippen LogP contribution in [0.25, 0.3) is 21.7 Å². The Kier molecular flexibility index (Phi) is 7.85. The molecule has 42 heavy (non-hydrogen) atoms. The molecule has 208 valence electrons. The van der Waals surface area contributed by atoms with Gasteiger partial charge in [0.15, 0.2) is 5.05 Å². The minimum absolute atomic E-state index is 0.0659. The van der Waals surface area contributed by atoms with Crippen LogP contribution in [0.1, 0.15) is 35.7 Å². The Labute approximate surface area is 251 Å². The number of aliphatic hydroxyl groups is 1. The summed E-state index contributed by atoms with van der Waals surface area (Å²) >= 11 is 5.45. The average Bonchev–Trinajstić information content (AvgIpc) is 3.04. The molecule has 0 saturated carbocycles. The molecule has 5 heteroatoms. The predicted molar refractivity (Wildman–Crippen MR) is 174 cm³/mol. The minimum Gasteiger partial charge on any atom is -0.501 e. The largest absolute Gasteiger partial charge is 0.501 e. The number of aromatic nitrogens is 1. The summed E-state index contributed by atoms with van der Waals surface area (Å²) in [6.07, 6.45) is 0.598. The molecular weight excluding hydrogens is 538 g/mol. The average molecular weight is 570 g/mol. The third kappa shape index (κ3) is 5.56. The summed E-state index contributed by atoms with van der Waals surface area (Å²) in [5, 5.41) is 14.3. The van der Waals surface area contributed by atoms with Crippen molar-refractivity contribution < 1.29 is 14.6 Å². The van der Waals surface area contributed by atoms with Gasteiger partial charge in [-0.15, -0.1) is 0 Å². The zero-order chi connectivity index (χ0) is 28.9. The summed E-state index contributed by atoms with van der Waals surface area (Å²) in [4.78, 5) is 4.69. The maximum atomic E-state index is 10.8. The van der Waals surface area contributed by atoms with Crippen LogP contribution in [-0.4, -0.2) is 15.1 Å². The first-order valence-electron chi connectivity index (χ1n) is 14.1. The molecule has 1 aromatic heterocycles. The van der Waals surface area contributed by atoms with E-state index in [1.807, 2.05) is 97.9 Å². The van der Waals surface area contributed by atoms with Gasteiger partial charge in [0.05, 0.1) is 16.6 Å². The number of hydrogen-bond acceptors (Lipinski definition) is 4. The van der Waals surface area contributed by atoms with E-state index in [2.05, 4.69) is 41.4 Å². The van der Waals surface area contributed by atoms with Gasteiger partial charge in [-0.05, 0) is 88.6 Å². The summed E-state index contributed by atoms with van der Waals surface area (Å²) in [7, 11) is 0.